The predicted octanol–water partition coefficient (Wildman–Crippen LogP) is 4.38. The number of pyridine rings is 1. The molecule has 4 aromatic rings. The van der Waals surface area contributed by atoms with E-state index in [1.54, 1.807) is 53.5 Å². The number of carbonyl (C=O) groups is 1. The van der Waals surface area contributed by atoms with E-state index >= 15 is 0 Å². The van der Waals surface area contributed by atoms with Crippen LogP contribution in [0.2, 0.25) is 5.02 Å². The van der Waals surface area contributed by atoms with Gasteiger partial charge in [-0.1, -0.05) is 11.6 Å². The molecular formula is C26H24ClFN4O4. The molecule has 4 rings (SSSR count). The van der Waals surface area contributed by atoms with E-state index in [2.05, 4.69) is 15.4 Å². The molecule has 0 bridgehead atoms. The van der Waals surface area contributed by atoms with Gasteiger partial charge in [0, 0.05) is 23.5 Å². The monoisotopic (exact) mass is 510 g/mol. The Bertz CT molecular complexity index is 1390. The number of aliphatic hydroxyl groups is 1. The first-order valence-electron chi connectivity index (χ1n) is 10.9. The fraction of sp³-hybridized carbons (Fsp3) is 0.192. The molecule has 2 aromatic heterocycles. The van der Waals surface area contributed by atoms with Gasteiger partial charge in [0.15, 0.2) is 0 Å². The molecule has 0 aliphatic heterocycles. The highest BCUT2D eigenvalue weighted by atomic mass is 35.5. The molecule has 186 valence electrons. The lowest BCUT2D eigenvalue weighted by atomic mass is 9.99. The fourth-order valence-electron chi connectivity index (χ4n) is 3.63. The first kappa shape index (κ1) is 25.2. The number of ether oxygens (including phenoxy) is 2. The van der Waals surface area contributed by atoms with Gasteiger partial charge in [0.2, 0.25) is 0 Å². The molecule has 0 saturated carbocycles. The van der Waals surface area contributed by atoms with Gasteiger partial charge in [0.25, 0.3) is 5.91 Å². The van der Waals surface area contributed by atoms with Crippen LogP contribution in [-0.4, -0.2) is 46.5 Å². The molecule has 1 unspecified atom stereocenters. The van der Waals surface area contributed by atoms with Crippen molar-refractivity contribution >= 4 is 17.5 Å². The van der Waals surface area contributed by atoms with E-state index in [1.807, 2.05) is 0 Å². The average molecular weight is 511 g/mol. The number of nitrogens with one attached hydrogen (secondary N) is 1. The summed E-state index contributed by atoms with van der Waals surface area (Å²) in [5.41, 5.74) is 0.682. The minimum absolute atomic E-state index is 0.0604. The molecule has 0 fully saturated rings. The van der Waals surface area contributed by atoms with Crippen molar-refractivity contribution in [3.8, 4) is 28.4 Å². The Kier molecular flexibility index (Phi) is 7.23. The molecule has 0 saturated heterocycles. The zero-order chi connectivity index (χ0) is 25.9. The Morgan fingerprint density at radius 3 is 2.58 bits per heavy atom. The van der Waals surface area contributed by atoms with Crippen LogP contribution in [0.1, 0.15) is 23.0 Å². The number of carbonyl (C=O) groups excluding carboxylic acids is 1. The summed E-state index contributed by atoms with van der Waals surface area (Å²) in [7, 11) is 2.99. The number of hydrogen-bond donors (Lipinski definition) is 2. The van der Waals surface area contributed by atoms with E-state index < -0.39 is 17.3 Å². The van der Waals surface area contributed by atoms with Gasteiger partial charge in [-0.3, -0.25) is 4.79 Å². The van der Waals surface area contributed by atoms with Crippen LogP contribution in [0.3, 0.4) is 0 Å². The van der Waals surface area contributed by atoms with Crippen LogP contribution in [0, 0.1) is 5.82 Å². The van der Waals surface area contributed by atoms with Crippen LogP contribution in [0.25, 0.3) is 16.9 Å². The van der Waals surface area contributed by atoms with Crippen LogP contribution in [0.4, 0.5) is 4.39 Å². The van der Waals surface area contributed by atoms with E-state index in [-0.39, 0.29) is 17.3 Å². The predicted molar refractivity (Wildman–Crippen MR) is 133 cm³/mol. The summed E-state index contributed by atoms with van der Waals surface area (Å²) >= 11 is 5.94. The summed E-state index contributed by atoms with van der Waals surface area (Å²) in [6.45, 7) is 1.41. The molecule has 2 aromatic carbocycles. The highest BCUT2D eigenvalue weighted by molar-refractivity contribution is 6.31. The van der Waals surface area contributed by atoms with Crippen LogP contribution < -0.4 is 14.8 Å². The lowest BCUT2D eigenvalue weighted by Crippen LogP contribution is -2.39. The summed E-state index contributed by atoms with van der Waals surface area (Å²) in [5.74, 6) is -0.0673. The Morgan fingerprint density at radius 1 is 1.14 bits per heavy atom. The quantitative estimate of drug-likeness (QED) is 0.365. The van der Waals surface area contributed by atoms with Crippen LogP contribution in [0.5, 0.6) is 11.5 Å². The molecule has 2 heterocycles. The maximum Gasteiger partial charge on any atom is 0.251 e. The van der Waals surface area contributed by atoms with E-state index in [4.69, 9.17) is 21.1 Å². The number of aromatic nitrogens is 3. The van der Waals surface area contributed by atoms with E-state index in [0.717, 1.165) is 0 Å². The third-order valence-electron chi connectivity index (χ3n) is 5.61. The second-order valence-electron chi connectivity index (χ2n) is 8.17. The van der Waals surface area contributed by atoms with Gasteiger partial charge in [-0.25, -0.2) is 14.1 Å². The van der Waals surface area contributed by atoms with E-state index in [9.17, 15) is 14.3 Å². The normalized spacial score (nSPS) is 12.6. The van der Waals surface area contributed by atoms with Crippen molar-refractivity contribution in [1.82, 2.24) is 20.1 Å². The Labute approximate surface area is 212 Å². The van der Waals surface area contributed by atoms with E-state index in [0.29, 0.717) is 34.0 Å². The van der Waals surface area contributed by atoms with Crippen LogP contribution >= 0.6 is 11.6 Å². The van der Waals surface area contributed by atoms with Crippen molar-refractivity contribution in [2.24, 2.45) is 0 Å². The van der Waals surface area contributed by atoms with E-state index in [1.165, 1.54) is 39.3 Å². The molecule has 2 N–H and O–H groups in total. The van der Waals surface area contributed by atoms with Gasteiger partial charge in [-0.05, 0) is 61.5 Å². The standard InChI is InChI=1S/C26H24ClFN4O4/c1-26(34,23-10-9-21(35-2)24(31-23)16-5-7-19(28)18(27)13-16)15-29-25(33)17-6-8-20(22(14-17)36-3)32-12-4-11-30-32/h4-14,34H,15H2,1-3H3,(H,29,33). The maximum atomic E-state index is 13.6. The fourth-order valence-corrected chi connectivity index (χ4v) is 3.81. The third kappa shape index (κ3) is 5.17. The summed E-state index contributed by atoms with van der Waals surface area (Å²) in [6, 6.07) is 14.2. The first-order chi connectivity index (χ1) is 17.2. The van der Waals surface area contributed by atoms with Crippen molar-refractivity contribution in [1.29, 1.82) is 0 Å². The third-order valence-corrected chi connectivity index (χ3v) is 5.90. The molecule has 0 aliphatic rings. The van der Waals surface area contributed by atoms with Gasteiger partial charge >= 0.3 is 0 Å². The summed E-state index contributed by atoms with van der Waals surface area (Å²) < 4.78 is 26.1. The second-order valence-corrected chi connectivity index (χ2v) is 8.58. The second kappa shape index (κ2) is 10.3. The maximum absolute atomic E-state index is 13.6. The summed E-state index contributed by atoms with van der Waals surface area (Å²) in [4.78, 5) is 17.4. The minimum atomic E-state index is -1.53. The topological polar surface area (TPSA) is 98.5 Å². The number of hydrogen-bond acceptors (Lipinski definition) is 6. The molecule has 1 amide bonds. The van der Waals surface area contributed by atoms with Crippen molar-refractivity contribution in [2.45, 2.75) is 12.5 Å². The van der Waals surface area contributed by atoms with Gasteiger partial charge < -0.3 is 19.9 Å². The molecule has 0 aliphatic carbocycles. The van der Waals surface area contributed by atoms with Crippen LogP contribution in [0.15, 0.2) is 67.0 Å². The Morgan fingerprint density at radius 2 is 1.92 bits per heavy atom. The molecule has 36 heavy (non-hydrogen) atoms. The molecule has 1 atom stereocenters. The summed E-state index contributed by atoms with van der Waals surface area (Å²) in [6.07, 6.45) is 3.41. The van der Waals surface area contributed by atoms with Crippen molar-refractivity contribution < 1.29 is 23.8 Å². The van der Waals surface area contributed by atoms with Gasteiger partial charge in [0.1, 0.15) is 34.3 Å². The van der Waals surface area contributed by atoms with Crippen molar-refractivity contribution in [2.75, 3.05) is 20.8 Å². The highest BCUT2D eigenvalue weighted by Crippen LogP contribution is 2.33. The first-order valence-corrected chi connectivity index (χ1v) is 11.3. The molecule has 0 spiro atoms. The molecule has 0 radical (unpaired) electrons. The molecule has 8 nitrogen and oxygen atoms in total. The van der Waals surface area contributed by atoms with Crippen molar-refractivity contribution in [3.63, 3.8) is 0 Å². The smallest absolute Gasteiger partial charge is 0.251 e. The van der Waals surface area contributed by atoms with Crippen molar-refractivity contribution in [3.05, 3.63) is 89.1 Å². The zero-order valence-electron chi connectivity index (χ0n) is 19.8. The SMILES string of the molecule is COc1cc(C(=O)NCC(C)(O)c2ccc(OC)c(-c3ccc(F)c(Cl)c3)n2)ccc1-n1cccn1. The minimum Gasteiger partial charge on any atom is -0.494 e. The lowest BCUT2D eigenvalue weighted by molar-refractivity contribution is 0.0489. The van der Waals surface area contributed by atoms with Gasteiger partial charge in [-0.15, -0.1) is 0 Å². The average Bonchev–Trinajstić information content (AvgIpc) is 3.43. The van der Waals surface area contributed by atoms with Crippen LogP contribution in [-0.2, 0) is 5.60 Å². The number of nitrogens with zero attached hydrogens (tertiary/aromatic N) is 3. The number of rotatable bonds is 8. The van der Waals surface area contributed by atoms with Gasteiger partial charge in [0.05, 0.1) is 31.5 Å². The molecular weight excluding hydrogens is 487 g/mol. The number of halogens is 2. The largest absolute Gasteiger partial charge is 0.494 e. The zero-order valence-corrected chi connectivity index (χ0v) is 20.6. The molecule has 10 heteroatoms. The number of benzene rings is 2. The Balaban J connectivity index is 1.54. The van der Waals surface area contributed by atoms with Gasteiger partial charge in [-0.2, -0.15) is 5.10 Å². The highest BCUT2D eigenvalue weighted by Gasteiger charge is 2.27. The summed E-state index contributed by atoms with van der Waals surface area (Å²) in [5, 5.41) is 18.0. The number of amides is 1. The number of methoxy groups -OCH3 is 2. The lowest BCUT2D eigenvalue weighted by Gasteiger charge is -2.24. The Hall–Kier alpha value is -3.95.